The van der Waals surface area contributed by atoms with Gasteiger partial charge in [-0.2, -0.15) is 0 Å². The minimum Gasteiger partial charge on any atom is -0.396 e. The molecule has 0 radical (unpaired) electrons. The van der Waals surface area contributed by atoms with Gasteiger partial charge in [-0.25, -0.2) is 9.97 Å². The summed E-state index contributed by atoms with van der Waals surface area (Å²) in [6, 6.07) is 0. The van der Waals surface area contributed by atoms with E-state index in [1.807, 2.05) is 6.92 Å². The number of aliphatic hydroxyl groups excluding tert-OH is 1. The predicted molar refractivity (Wildman–Crippen MR) is 88.9 cm³/mol. The first-order chi connectivity index (χ1) is 9.93. The average molecular weight is 294 g/mol. The Labute approximate surface area is 128 Å². The van der Waals surface area contributed by atoms with Crippen molar-refractivity contribution in [3.05, 3.63) is 11.4 Å². The molecule has 0 bridgehead atoms. The number of nitrogens with one attached hydrogen (secondary N) is 2. The summed E-state index contributed by atoms with van der Waals surface area (Å²) in [5.74, 6) is 2.69. The Morgan fingerprint density at radius 3 is 2.24 bits per heavy atom. The fourth-order valence-corrected chi connectivity index (χ4v) is 2.12. The summed E-state index contributed by atoms with van der Waals surface area (Å²) in [6.07, 6.45) is 2.68. The molecular weight excluding hydrogens is 264 g/mol. The zero-order valence-corrected chi connectivity index (χ0v) is 14.1. The van der Waals surface area contributed by atoms with E-state index < -0.39 is 0 Å². The van der Waals surface area contributed by atoms with Gasteiger partial charge in [0.15, 0.2) is 0 Å². The monoisotopic (exact) mass is 294 g/mol. The summed E-state index contributed by atoms with van der Waals surface area (Å²) in [5.41, 5.74) is 1.09. The van der Waals surface area contributed by atoms with Gasteiger partial charge < -0.3 is 15.7 Å². The fraction of sp³-hybridized carbons (Fsp3) is 0.750. The summed E-state index contributed by atoms with van der Waals surface area (Å²) in [5, 5.41) is 15.9. The van der Waals surface area contributed by atoms with Crippen LogP contribution in [0.2, 0.25) is 0 Å². The Morgan fingerprint density at radius 2 is 1.71 bits per heavy atom. The second-order valence-corrected chi connectivity index (χ2v) is 6.23. The van der Waals surface area contributed by atoms with E-state index in [2.05, 4.69) is 48.3 Å². The first-order valence-electron chi connectivity index (χ1n) is 7.89. The molecule has 0 unspecified atom stereocenters. The second-order valence-electron chi connectivity index (χ2n) is 6.23. The van der Waals surface area contributed by atoms with Crippen LogP contribution < -0.4 is 10.6 Å². The van der Waals surface area contributed by atoms with E-state index in [-0.39, 0.29) is 12.0 Å². The van der Waals surface area contributed by atoms with Crippen molar-refractivity contribution >= 4 is 11.6 Å². The van der Waals surface area contributed by atoms with E-state index in [4.69, 9.17) is 5.11 Å². The van der Waals surface area contributed by atoms with Crippen molar-refractivity contribution in [2.75, 3.05) is 30.3 Å². The number of aromatic nitrogens is 2. The molecule has 0 aliphatic heterocycles. The van der Waals surface area contributed by atoms with Gasteiger partial charge >= 0.3 is 0 Å². The molecule has 1 rings (SSSR count). The van der Waals surface area contributed by atoms with Crippen molar-refractivity contribution in [2.45, 2.75) is 53.9 Å². The molecule has 0 aliphatic carbocycles. The molecule has 120 valence electrons. The van der Waals surface area contributed by atoms with Crippen LogP contribution in [-0.4, -0.2) is 34.8 Å². The number of aliphatic hydroxyl groups is 1. The third kappa shape index (κ3) is 5.50. The highest BCUT2D eigenvalue weighted by molar-refractivity contribution is 5.57. The van der Waals surface area contributed by atoms with Gasteiger partial charge in [0.2, 0.25) is 0 Å². The molecule has 3 N–H and O–H groups in total. The molecule has 1 heterocycles. The Balaban J connectivity index is 2.93. The van der Waals surface area contributed by atoms with Gasteiger partial charge in [-0.15, -0.1) is 0 Å². The lowest BCUT2D eigenvalue weighted by molar-refractivity contribution is 0.220. The molecule has 1 aromatic rings. The van der Waals surface area contributed by atoms with Gasteiger partial charge in [-0.1, -0.05) is 20.8 Å². The molecule has 0 aliphatic rings. The summed E-state index contributed by atoms with van der Waals surface area (Å²) >= 11 is 0. The summed E-state index contributed by atoms with van der Waals surface area (Å²) in [4.78, 5) is 9.23. The number of hydrogen-bond acceptors (Lipinski definition) is 5. The number of nitrogens with zero attached hydrogens (tertiary/aromatic N) is 2. The van der Waals surface area contributed by atoms with E-state index >= 15 is 0 Å². The molecule has 0 spiro atoms. The largest absolute Gasteiger partial charge is 0.396 e. The average Bonchev–Trinajstić information content (AvgIpc) is 2.41. The minimum absolute atomic E-state index is 0.0371. The Kier molecular flexibility index (Phi) is 6.89. The lowest BCUT2D eigenvalue weighted by Crippen LogP contribution is -2.25. The number of rotatable bonds is 9. The summed E-state index contributed by atoms with van der Waals surface area (Å²) in [7, 11) is 0. The third-order valence-corrected chi connectivity index (χ3v) is 3.53. The highest BCUT2D eigenvalue weighted by Crippen LogP contribution is 2.24. The van der Waals surface area contributed by atoms with Crippen molar-refractivity contribution in [1.29, 1.82) is 0 Å². The van der Waals surface area contributed by atoms with Crippen LogP contribution in [-0.2, 0) is 6.42 Å². The quantitative estimate of drug-likeness (QED) is 0.653. The normalized spacial score (nSPS) is 11.5. The van der Waals surface area contributed by atoms with Crippen LogP contribution in [0.1, 0.15) is 51.9 Å². The number of anilines is 2. The van der Waals surface area contributed by atoms with Crippen molar-refractivity contribution < 1.29 is 5.11 Å². The molecule has 21 heavy (non-hydrogen) atoms. The fourth-order valence-electron chi connectivity index (χ4n) is 2.12. The zero-order valence-electron chi connectivity index (χ0n) is 14.1. The van der Waals surface area contributed by atoms with Gasteiger partial charge in [-0.3, -0.25) is 0 Å². The van der Waals surface area contributed by atoms with Crippen LogP contribution >= 0.6 is 0 Å². The Morgan fingerprint density at radius 1 is 1.10 bits per heavy atom. The van der Waals surface area contributed by atoms with E-state index in [1.165, 1.54) is 0 Å². The lowest BCUT2D eigenvalue weighted by Gasteiger charge is -2.25. The van der Waals surface area contributed by atoms with Crippen molar-refractivity contribution in [3.63, 3.8) is 0 Å². The van der Waals surface area contributed by atoms with E-state index in [0.717, 1.165) is 55.4 Å². The Bertz CT molecular complexity index is 446. The predicted octanol–water partition coefficient (Wildman–Crippen LogP) is 2.99. The minimum atomic E-state index is 0.0371. The Hall–Kier alpha value is -1.36. The van der Waals surface area contributed by atoms with Crippen LogP contribution in [0.15, 0.2) is 0 Å². The molecule has 0 saturated carbocycles. The van der Waals surface area contributed by atoms with E-state index in [9.17, 15) is 0 Å². The molecule has 0 fully saturated rings. The first kappa shape index (κ1) is 17.7. The van der Waals surface area contributed by atoms with Gasteiger partial charge in [0.25, 0.3) is 0 Å². The second kappa shape index (κ2) is 8.17. The molecule has 0 saturated heterocycles. The smallest absolute Gasteiger partial charge is 0.134 e. The standard InChI is InChI=1S/C16H30N4O/c1-6-8-13-19-14(17-7-2)12(3)15(20-13)18-11-16(4,5)9-10-21/h21H,6-11H2,1-5H3,(H2,17,18,19,20). The number of hydrogen-bond donors (Lipinski definition) is 3. The van der Waals surface area contributed by atoms with Gasteiger partial charge in [-0.05, 0) is 32.1 Å². The van der Waals surface area contributed by atoms with E-state index in [1.54, 1.807) is 0 Å². The van der Waals surface area contributed by atoms with Crippen molar-refractivity contribution in [2.24, 2.45) is 5.41 Å². The first-order valence-corrected chi connectivity index (χ1v) is 7.89. The van der Waals surface area contributed by atoms with Crippen LogP contribution in [0.4, 0.5) is 11.6 Å². The molecule has 0 atom stereocenters. The SMILES string of the molecule is CCCc1nc(NCC)c(C)c(NCC(C)(C)CCO)n1. The van der Waals surface area contributed by atoms with Crippen molar-refractivity contribution in [3.8, 4) is 0 Å². The van der Waals surface area contributed by atoms with Gasteiger partial charge in [0.05, 0.1) is 0 Å². The highest BCUT2D eigenvalue weighted by Gasteiger charge is 2.18. The topological polar surface area (TPSA) is 70.1 Å². The molecule has 1 aromatic heterocycles. The van der Waals surface area contributed by atoms with E-state index in [0.29, 0.717) is 0 Å². The summed E-state index contributed by atoms with van der Waals surface area (Å²) < 4.78 is 0. The maximum Gasteiger partial charge on any atom is 0.134 e. The maximum absolute atomic E-state index is 9.12. The van der Waals surface area contributed by atoms with Gasteiger partial charge in [0.1, 0.15) is 17.5 Å². The van der Waals surface area contributed by atoms with Gasteiger partial charge in [0, 0.05) is 31.7 Å². The lowest BCUT2D eigenvalue weighted by atomic mass is 9.90. The molecular formula is C16H30N4O. The van der Waals surface area contributed by atoms with Crippen LogP contribution in [0.3, 0.4) is 0 Å². The van der Waals surface area contributed by atoms with Crippen LogP contribution in [0.25, 0.3) is 0 Å². The highest BCUT2D eigenvalue weighted by atomic mass is 16.3. The zero-order chi connectivity index (χ0) is 15.9. The molecule has 5 nitrogen and oxygen atoms in total. The molecule has 5 heteroatoms. The molecule has 0 aromatic carbocycles. The summed E-state index contributed by atoms with van der Waals surface area (Å²) in [6.45, 7) is 12.4. The number of aryl methyl sites for hydroxylation is 1. The van der Waals surface area contributed by atoms with Crippen LogP contribution in [0, 0.1) is 12.3 Å². The van der Waals surface area contributed by atoms with Crippen molar-refractivity contribution in [1.82, 2.24) is 9.97 Å². The van der Waals surface area contributed by atoms with Crippen LogP contribution in [0.5, 0.6) is 0 Å². The third-order valence-electron chi connectivity index (χ3n) is 3.53. The molecule has 0 amide bonds. The maximum atomic E-state index is 9.12.